The standard InChI is InChI=1S/C8H20N2O2S2/c1-3-13-8-4-5-9-6-7-10-14(2,11)12/h9-10H,3-8H2,1-2H3. The highest BCUT2D eigenvalue weighted by atomic mass is 32.2. The van der Waals surface area contributed by atoms with Crippen molar-refractivity contribution >= 4 is 21.8 Å². The number of sulfonamides is 1. The molecule has 2 N–H and O–H groups in total. The normalized spacial score (nSPS) is 11.9. The first kappa shape index (κ1) is 14.2. The van der Waals surface area contributed by atoms with Crippen LogP contribution in [0, 0.1) is 0 Å². The molecule has 0 aliphatic carbocycles. The van der Waals surface area contributed by atoms with Gasteiger partial charge in [-0.05, 0) is 24.5 Å². The van der Waals surface area contributed by atoms with Gasteiger partial charge in [0.05, 0.1) is 6.26 Å². The maximum atomic E-state index is 10.7. The molecule has 0 aromatic heterocycles. The molecule has 0 aliphatic heterocycles. The van der Waals surface area contributed by atoms with Crippen LogP contribution in [-0.4, -0.2) is 45.8 Å². The van der Waals surface area contributed by atoms with Gasteiger partial charge in [0.15, 0.2) is 0 Å². The van der Waals surface area contributed by atoms with E-state index in [0.29, 0.717) is 13.1 Å². The fourth-order valence-corrected chi connectivity index (χ4v) is 2.00. The number of nitrogens with one attached hydrogen (secondary N) is 2. The zero-order valence-electron chi connectivity index (χ0n) is 8.88. The summed E-state index contributed by atoms with van der Waals surface area (Å²) >= 11 is 1.92. The molecule has 0 bridgehead atoms. The minimum absolute atomic E-state index is 0.472. The first-order valence-corrected chi connectivity index (χ1v) is 7.84. The number of thioether (sulfide) groups is 1. The lowest BCUT2D eigenvalue weighted by atomic mass is 10.5. The molecule has 0 aliphatic rings. The molecule has 0 amide bonds. The average Bonchev–Trinajstić information content (AvgIpc) is 2.08. The summed E-state index contributed by atoms with van der Waals surface area (Å²) in [4.78, 5) is 0. The van der Waals surface area contributed by atoms with Gasteiger partial charge in [0.25, 0.3) is 0 Å². The lowest BCUT2D eigenvalue weighted by Crippen LogP contribution is -2.31. The van der Waals surface area contributed by atoms with Gasteiger partial charge in [0.2, 0.25) is 10.0 Å². The lowest BCUT2D eigenvalue weighted by molar-refractivity contribution is 0.581. The topological polar surface area (TPSA) is 58.2 Å². The summed E-state index contributed by atoms with van der Waals surface area (Å²) in [5.41, 5.74) is 0. The molecule has 0 fully saturated rings. The second-order valence-electron chi connectivity index (χ2n) is 2.97. The van der Waals surface area contributed by atoms with Gasteiger partial charge in [-0.15, -0.1) is 0 Å². The van der Waals surface area contributed by atoms with Crippen molar-refractivity contribution in [3.8, 4) is 0 Å². The maximum absolute atomic E-state index is 10.7. The molecule has 0 saturated carbocycles. The third kappa shape index (κ3) is 12.2. The van der Waals surface area contributed by atoms with E-state index in [9.17, 15) is 8.42 Å². The number of hydrogen-bond donors (Lipinski definition) is 2. The Hall–Kier alpha value is 0.220. The van der Waals surface area contributed by atoms with Gasteiger partial charge in [0, 0.05) is 13.1 Å². The van der Waals surface area contributed by atoms with Crippen molar-refractivity contribution in [2.45, 2.75) is 13.3 Å². The third-order valence-electron chi connectivity index (χ3n) is 1.51. The van der Waals surface area contributed by atoms with Gasteiger partial charge in [-0.3, -0.25) is 0 Å². The second kappa shape index (κ2) is 8.52. The Morgan fingerprint density at radius 2 is 1.93 bits per heavy atom. The zero-order valence-corrected chi connectivity index (χ0v) is 10.5. The van der Waals surface area contributed by atoms with Crippen molar-refractivity contribution < 1.29 is 8.42 Å². The third-order valence-corrected chi connectivity index (χ3v) is 3.23. The first-order valence-electron chi connectivity index (χ1n) is 4.79. The summed E-state index contributed by atoms with van der Waals surface area (Å²) in [6, 6.07) is 0. The van der Waals surface area contributed by atoms with Crippen LogP contribution in [0.3, 0.4) is 0 Å². The van der Waals surface area contributed by atoms with Crippen molar-refractivity contribution in [3.05, 3.63) is 0 Å². The Labute approximate surface area is 91.3 Å². The predicted octanol–water partition coefficient (Wildman–Crippen LogP) is 0.268. The number of rotatable bonds is 9. The maximum Gasteiger partial charge on any atom is 0.208 e. The SMILES string of the molecule is CCSCCCNCCNS(C)(=O)=O. The molecule has 14 heavy (non-hydrogen) atoms. The summed E-state index contributed by atoms with van der Waals surface area (Å²) in [6.45, 7) is 4.27. The molecule has 0 unspecified atom stereocenters. The Kier molecular flexibility index (Phi) is 8.66. The Balaban J connectivity index is 3.07. The van der Waals surface area contributed by atoms with E-state index in [1.54, 1.807) is 0 Å². The fraction of sp³-hybridized carbons (Fsp3) is 1.00. The second-order valence-corrected chi connectivity index (χ2v) is 6.19. The van der Waals surface area contributed by atoms with E-state index in [2.05, 4.69) is 17.0 Å². The van der Waals surface area contributed by atoms with E-state index in [0.717, 1.165) is 18.7 Å². The largest absolute Gasteiger partial charge is 0.315 e. The minimum Gasteiger partial charge on any atom is -0.315 e. The Bertz CT molecular complexity index is 217. The van der Waals surface area contributed by atoms with Crippen molar-refractivity contribution in [2.24, 2.45) is 0 Å². The van der Waals surface area contributed by atoms with E-state index in [-0.39, 0.29) is 0 Å². The van der Waals surface area contributed by atoms with E-state index >= 15 is 0 Å². The minimum atomic E-state index is -3.02. The molecule has 0 rings (SSSR count). The Morgan fingerprint density at radius 1 is 1.21 bits per heavy atom. The molecule has 0 radical (unpaired) electrons. The van der Waals surface area contributed by atoms with Gasteiger partial charge in [-0.25, -0.2) is 13.1 Å². The molecular weight excluding hydrogens is 220 g/mol. The molecule has 4 nitrogen and oxygen atoms in total. The Morgan fingerprint density at radius 3 is 2.50 bits per heavy atom. The van der Waals surface area contributed by atoms with Crippen molar-refractivity contribution in [2.75, 3.05) is 37.4 Å². The summed E-state index contributed by atoms with van der Waals surface area (Å²) in [5.74, 6) is 2.33. The van der Waals surface area contributed by atoms with E-state index < -0.39 is 10.0 Å². The van der Waals surface area contributed by atoms with Crippen LogP contribution < -0.4 is 10.0 Å². The van der Waals surface area contributed by atoms with Crippen LogP contribution in [-0.2, 0) is 10.0 Å². The molecule has 0 aromatic rings. The van der Waals surface area contributed by atoms with Gasteiger partial charge in [0.1, 0.15) is 0 Å². The average molecular weight is 240 g/mol. The molecule has 86 valence electrons. The molecule has 0 saturated heterocycles. The van der Waals surface area contributed by atoms with Gasteiger partial charge in [-0.1, -0.05) is 6.92 Å². The van der Waals surface area contributed by atoms with Crippen LogP contribution in [0.15, 0.2) is 0 Å². The summed E-state index contributed by atoms with van der Waals surface area (Å²) in [7, 11) is -3.02. The highest BCUT2D eigenvalue weighted by molar-refractivity contribution is 7.99. The van der Waals surface area contributed by atoms with E-state index in [1.807, 2.05) is 11.8 Å². The fourth-order valence-electron chi connectivity index (χ4n) is 0.893. The van der Waals surface area contributed by atoms with Crippen LogP contribution >= 0.6 is 11.8 Å². The van der Waals surface area contributed by atoms with Crippen LogP contribution in [0.25, 0.3) is 0 Å². The van der Waals surface area contributed by atoms with Gasteiger partial charge >= 0.3 is 0 Å². The lowest BCUT2D eigenvalue weighted by Gasteiger charge is -2.04. The highest BCUT2D eigenvalue weighted by Gasteiger charge is 1.97. The van der Waals surface area contributed by atoms with Crippen LogP contribution in [0.5, 0.6) is 0 Å². The van der Waals surface area contributed by atoms with Crippen LogP contribution in [0.4, 0.5) is 0 Å². The summed E-state index contributed by atoms with van der Waals surface area (Å²) < 4.78 is 23.8. The highest BCUT2D eigenvalue weighted by Crippen LogP contribution is 1.98. The molecule has 0 heterocycles. The number of hydrogen-bond acceptors (Lipinski definition) is 4. The smallest absolute Gasteiger partial charge is 0.208 e. The summed E-state index contributed by atoms with van der Waals surface area (Å²) in [5, 5.41) is 3.18. The van der Waals surface area contributed by atoms with Crippen LogP contribution in [0.1, 0.15) is 13.3 Å². The molecule has 0 aromatic carbocycles. The van der Waals surface area contributed by atoms with Crippen molar-refractivity contribution in [3.63, 3.8) is 0 Å². The monoisotopic (exact) mass is 240 g/mol. The molecular formula is C8H20N2O2S2. The molecule has 0 atom stereocenters. The molecule has 0 spiro atoms. The first-order chi connectivity index (χ1) is 6.56. The summed E-state index contributed by atoms with van der Waals surface area (Å²) in [6.07, 6.45) is 2.31. The van der Waals surface area contributed by atoms with E-state index in [1.165, 1.54) is 12.0 Å². The van der Waals surface area contributed by atoms with Crippen LogP contribution in [0.2, 0.25) is 0 Å². The van der Waals surface area contributed by atoms with Crippen molar-refractivity contribution in [1.82, 2.24) is 10.0 Å². The quantitative estimate of drug-likeness (QED) is 0.568. The van der Waals surface area contributed by atoms with E-state index in [4.69, 9.17) is 0 Å². The van der Waals surface area contributed by atoms with Gasteiger partial charge in [-0.2, -0.15) is 11.8 Å². The zero-order chi connectivity index (χ0) is 10.9. The van der Waals surface area contributed by atoms with Gasteiger partial charge < -0.3 is 5.32 Å². The predicted molar refractivity (Wildman–Crippen MR) is 63.3 cm³/mol. The van der Waals surface area contributed by atoms with Crippen molar-refractivity contribution in [1.29, 1.82) is 0 Å². The molecule has 6 heteroatoms.